The Morgan fingerprint density at radius 1 is 1.47 bits per heavy atom. The molecule has 0 bridgehead atoms. The molecule has 0 saturated heterocycles. The van der Waals surface area contributed by atoms with Crippen molar-refractivity contribution in [2.75, 3.05) is 13.2 Å². The Morgan fingerprint density at radius 3 is 3.05 bits per heavy atom. The zero-order valence-electron chi connectivity index (χ0n) is 10.8. The van der Waals surface area contributed by atoms with E-state index in [2.05, 4.69) is 5.32 Å². The molecule has 0 aliphatic heterocycles. The van der Waals surface area contributed by atoms with Crippen molar-refractivity contribution >= 4 is 17.5 Å². The third kappa shape index (κ3) is 4.11. The van der Waals surface area contributed by atoms with Gasteiger partial charge in [-0.3, -0.25) is 4.79 Å². The Labute approximate surface area is 118 Å². The number of carbonyl (C=O) groups is 1. The molecule has 1 saturated carbocycles. The van der Waals surface area contributed by atoms with Gasteiger partial charge in [0.25, 0.3) is 5.91 Å². The summed E-state index contributed by atoms with van der Waals surface area (Å²) in [6, 6.07) is 7.21. The number of nitrogens with two attached hydrogens (primary N) is 1. The first-order chi connectivity index (χ1) is 9.19. The molecule has 1 aliphatic carbocycles. The lowest BCUT2D eigenvalue weighted by Crippen LogP contribution is -2.42. The van der Waals surface area contributed by atoms with Gasteiger partial charge in [0, 0.05) is 11.1 Å². The fourth-order valence-corrected chi connectivity index (χ4v) is 2.64. The van der Waals surface area contributed by atoms with Crippen LogP contribution in [0.3, 0.4) is 0 Å². The Hall–Kier alpha value is -1.26. The van der Waals surface area contributed by atoms with E-state index in [1.54, 1.807) is 24.3 Å². The average Bonchev–Trinajstić information content (AvgIpc) is 2.84. The average molecular weight is 283 g/mol. The molecule has 3 N–H and O–H groups in total. The second-order valence-corrected chi connectivity index (χ2v) is 5.28. The van der Waals surface area contributed by atoms with E-state index in [0.717, 1.165) is 19.3 Å². The molecular formula is C14H19ClN2O2. The van der Waals surface area contributed by atoms with Crippen molar-refractivity contribution < 1.29 is 9.53 Å². The monoisotopic (exact) mass is 282 g/mol. The molecule has 2 rings (SSSR count). The molecule has 4 nitrogen and oxygen atoms in total. The number of ether oxygens (including phenoxy) is 1. The summed E-state index contributed by atoms with van der Waals surface area (Å²) >= 11 is 5.84. The van der Waals surface area contributed by atoms with Crippen LogP contribution in [0, 0.1) is 5.92 Å². The van der Waals surface area contributed by atoms with Crippen LogP contribution in [0.1, 0.15) is 19.3 Å². The van der Waals surface area contributed by atoms with Crippen LogP contribution in [-0.2, 0) is 4.79 Å². The van der Waals surface area contributed by atoms with E-state index in [4.69, 9.17) is 22.1 Å². The van der Waals surface area contributed by atoms with Crippen molar-refractivity contribution in [3.8, 4) is 5.75 Å². The summed E-state index contributed by atoms with van der Waals surface area (Å²) in [7, 11) is 0. The van der Waals surface area contributed by atoms with E-state index in [-0.39, 0.29) is 18.6 Å². The van der Waals surface area contributed by atoms with Crippen molar-refractivity contribution in [1.82, 2.24) is 5.32 Å². The summed E-state index contributed by atoms with van der Waals surface area (Å²) in [6.07, 6.45) is 3.23. The van der Waals surface area contributed by atoms with E-state index in [1.807, 2.05) is 0 Å². The topological polar surface area (TPSA) is 64.3 Å². The summed E-state index contributed by atoms with van der Waals surface area (Å²) in [6.45, 7) is 0.633. The van der Waals surface area contributed by atoms with Crippen LogP contribution in [0.4, 0.5) is 0 Å². The molecule has 1 aliphatic rings. The van der Waals surface area contributed by atoms with Gasteiger partial charge < -0.3 is 15.8 Å². The molecule has 0 heterocycles. The van der Waals surface area contributed by atoms with Gasteiger partial charge in [-0.25, -0.2) is 0 Å². The number of hydrogen-bond donors (Lipinski definition) is 2. The number of rotatable bonds is 5. The van der Waals surface area contributed by atoms with Crippen LogP contribution in [0.5, 0.6) is 5.75 Å². The predicted molar refractivity (Wildman–Crippen MR) is 75.3 cm³/mol. The van der Waals surface area contributed by atoms with Gasteiger partial charge >= 0.3 is 0 Å². The molecule has 104 valence electrons. The summed E-state index contributed by atoms with van der Waals surface area (Å²) in [5, 5.41) is 3.58. The van der Waals surface area contributed by atoms with Crippen LogP contribution in [0.2, 0.25) is 5.02 Å². The van der Waals surface area contributed by atoms with Crippen LogP contribution in [0.15, 0.2) is 24.3 Å². The van der Waals surface area contributed by atoms with Crippen molar-refractivity contribution in [3.05, 3.63) is 29.3 Å². The summed E-state index contributed by atoms with van der Waals surface area (Å²) in [5.74, 6) is 0.893. The standard InChI is InChI=1S/C14H19ClN2O2/c15-11-4-2-5-12(7-11)19-9-14(18)17-13-6-1-3-10(13)8-16/h2,4-5,7,10,13H,1,3,6,8-9,16H2,(H,17,18). The zero-order valence-corrected chi connectivity index (χ0v) is 11.5. The SMILES string of the molecule is NCC1CCCC1NC(=O)COc1cccc(Cl)c1. The molecule has 2 atom stereocenters. The molecule has 0 spiro atoms. The number of amides is 1. The molecule has 19 heavy (non-hydrogen) atoms. The molecule has 0 radical (unpaired) electrons. The van der Waals surface area contributed by atoms with Crippen LogP contribution >= 0.6 is 11.6 Å². The Bertz CT molecular complexity index is 439. The fraction of sp³-hybridized carbons (Fsp3) is 0.500. The molecule has 1 aromatic carbocycles. The molecule has 0 aromatic heterocycles. The minimum Gasteiger partial charge on any atom is -0.484 e. The van der Waals surface area contributed by atoms with Gasteiger partial charge in [0.1, 0.15) is 5.75 Å². The molecule has 1 amide bonds. The van der Waals surface area contributed by atoms with Gasteiger partial charge in [-0.2, -0.15) is 0 Å². The molecule has 1 fully saturated rings. The van der Waals surface area contributed by atoms with Crippen molar-refractivity contribution in [3.63, 3.8) is 0 Å². The van der Waals surface area contributed by atoms with Gasteiger partial charge in [0.2, 0.25) is 0 Å². The number of nitrogens with one attached hydrogen (secondary N) is 1. The molecular weight excluding hydrogens is 264 g/mol. The number of carbonyl (C=O) groups excluding carboxylic acids is 1. The first-order valence-electron chi connectivity index (χ1n) is 6.57. The maximum absolute atomic E-state index is 11.8. The first-order valence-corrected chi connectivity index (χ1v) is 6.94. The van der Waals surface area contributed by atoms with Gasteiger partial charge in [-0.05, 0) is 43.5 Å². The second-order valence-electron chi connectivity index (χ2n) is 4.85. The lowest BCUT2D eigenvalue weighted by atomic mass is 10.0. The van der Waals surface area contributed by atoms with E-state index in [9.17, 15) is 4.79 Å². The third-order valence-electron chi connectivity index (χ3n) is 3.47. The fourth-order valence-electron chi connectivity index (χ4n) is 2.46. The van der Waals surface area contributed by atoms with E-state index in [1.165, 1.54) is 0 Å². The third-order valence-corrected chi connectivity index (χ3v) is 3.71. The second kappa shape index (κ2) is 6.78. The van der Waals surface area contributed by atoms with Crippen molar-refractivity contribution in [2.45, 2.75) is 25.3 Å². The van der Waals surface area contributed by atoms with E-state index < -0.39 is 0 Å². The van der Waals surface area contributed by atoms with Gasteiger partial charge in [-0.1, -0.05) is 24.1 Å². The molecule has 2 unspecified atom stereocenters. The van der Waals surface area contributed by atoms with Crippen molar-refractivity contribution in [1.29, 1.82) is 0 Å². The maximum atomic E-state index is 11.8. The van der Waals surface area contributed by atoms with Gasteiger partial charge in [0.15, 0.2) is 6.61 Å². The number of benzene rings is 1. The zero-order chi connectivity index (χ0) is 13.7. The lowest BCUT2D eigenvalue weighted by Gasteiger charge is -2.19. The largest absolute Gasteiger partial charge is 0.484 e. The van der Waals surface area contributed by atoms with E-state index >= 15 is 0 Å². The number of hydrogen-bond acceptors (Lipinski definition) is 3. The van der Waals surface area contributed by atoms with Crippen LogP contribution in [0.25, 0.3) is 0 Å². The summed E-state index contributed by atoms with van der Waals surface area (Å²) in [4.78, 5) is 11.8. The van der Waals surface area contributed by atoms with Crippen LogP contribution in [-0.4, -0.2) is 25.1 Å². The Kier molecular flexibility index (Phi) is 5.05. The highest BCUT2D eigenvalue weighted by atomic mass is 35.5. The highest BCUT2D eigenvalue weighted by Gasteiger charge is 2.27. The maximum Gasteiger partial charge on any atom is 0.258 e. The molecule has 1 aromatic rings. The minimum absolute atomic E-state index is 0.00807. The Morgan fingerprint density at radius 2 is 2.32 bits per heavy atom. The van der Waals surface area contributed by atoms with Gasteiger partial charge in [0.05, 0.1) is 0 Å². The van der Waals surface area contributed by atoms with E-state index in [0.29, 0.717) is 23.2 Å². The number of halogens is 1. The summed E-state index contributed by atoms with van der Waals surface area (Å²) < 4.78 is 5.40. The minimum atomic E-state index is -0.106. The smallest absolute Gasteiger partial charge is 0.258 e. The summed E-state index contributed by atoms with van der Waals surface area (Å²) in [5.41, 5.74) is 5.68. The van der Waals surface area contributed by atoms with Crippen LogP contribution < -0.4 is 15.8 Å². The van der Waals surface area contributed by atoms with Gasteiger partial charge in [-0.15, -0.1) is 0 Å². The normalized spacial score (nSPS) is 22.2. The first kappa shape index (κ1) is 14.2. The Balaban J connectivity index is 1.78. The quantitative estimate of drug-likeness (QED) is 0.868. The predicted octanol–water partition coefficient (Wildman–Crippen LogP) is 1.96. The molecule has 5 heteroatoms. The van der Waals surface area contributed by atoms with Crippen molar-refractivity contribution in [2.24, 2.45) is 11.7 Å². The lowest BCUT2D eigenvalue weighted by molar-refractivity contribution is -0.124. The highest BCUT2D eigenvalue weighted by molar-refractivity contribution is 6.30. The highest BCUT2D eigenvalue weighted by Crippen LogP contribution is 2.24.